The molecule has 4 nitrogen and oxygen atoms in total. The molecule has 1 amide bonds. The molecule has 0 spiro atoms. The van der Waals surface area contributed by atoms with Crippen LogP contribution in [0.25, 0.3) is 0 Å². The first kappa shape index (κ1) is 14.4. The highest BCUT2D eigenvalue weighted by Crippen LogP contribution is 2.25. The number of ether oxygens (including phenoxy) is 1. The lowest BCUT2D eigenvalue weighted by molar-refractivity contribution is -0.122. The van der Waals surface area contributed by atoms with E-state index in [2.05, 4.69) is 22.8 Å². The van der Waals surface area contributed by atoms with Crippen molar-refractivity contribution in [3.63, 3.8) is 0 Å². The molecule has 1 aromatic rings. The van der Waals surface area contributed by atoms with Gasteiger partial charge in [0.2, 0.25) is 5.91 Å². The zero-order chi connectivity index (χ0) is 14.5. The molecule has 0 aliphatic carbocycles. The van der Waals surface area contributed by atoms with Crippen LogP contribution in [-0.4, -0.2) is 25.6 Å². The van der Waals surface area contributed by atoms with Crippen LogP contribution in [0.5, 0.6) is 5.75 Å². The maximum absolute atomic E-state index is 12.0. The number of hydrogen-bond acceptors (Lipinski definition) is 3. The largest absolute Gasteiger partial charge is 0.493 e. The van der Waals surface area contributed by atoms with Crippen molar-refractivity contribution in [2.75, 3.05) is 19.7 Å². The molecule has 2 N–H and O–H groups in total. The van der Waals surface area contributed by atoms with Crippen molar-refractivity contribution in [2.24, 2.45) is 5.92 Å². The zero-order valence-electron chi connectivity index (χ0n) is 12.5. The van der Waals surface area contributed by atoms with E-state index in [1.54, 1.807) is 0 Å². The number of nitrogens with one attached hydrogen (secondary N) is 2. The van der Waals surface area contributed by atoms with Gasteiger partial charge in [-0.25, -0.2) is 0 Å². The van der Waals surface area contributed by atoms with Gasteiger partial charge in [0, 0.05) is 13.0 Å². The molecular weight excluding hydrogens is 264 g/mol. The predicted octanol–water partition coefficient (Wildman–Crippen LogP) is 2.02. The fourth-order valence-electron chi connectivity index (χ4n) is 3.14. The molecule has 0 aromatic heterocycles. The van der Waals surface area contributed by atoms with E-state index in [1.807, 2.05) is 6.07 Å². The molecular formula is C17H24N2O2. The highest BCUT2D eigenvalue weighted by molar-refractivity contribution is 5.76. The maximum atomic E-state index is 12.0. The maximum Gasteiger partial charge on any atom is 0.220 e. The van der Waals surface area contributed by atoms with Crippen LogP contribution in [0.4, 0.5) is 0 Å². The average molecular weight is 288 g/mol. The van der Waals surface area contributed by atoms with Gasteiger partial charge in [0.15, 0.2) is 0 Å². The van der Waals surface area contributed by atoms with Gasteiger partial charge in [-0.2, -0.15) is 0 Å². The van der Waals surface area contributed by atoms with Gasteiger partial charge < -0.3 is 15.4 Å². The molecule has 1 aromatic carbocycles. The summed E-state index contributed by atoms with van der Waals surface area (Å²) in [6.45, 7) is 3.53. The quantitative estimate of drug-likeness (QED) is 0.891. The van der Waals surface area contributed by atoms with Crippen molar-refractivity contribution < 1.29 is 9.53 Å². The number of carbonyl (C=O) groups is 1. The summed E-state index contributed by atoms with van der Waals surface area (Å²) in [6.07, 6.45) is 5.05. The van der Waals surface area contributed by atoms with Gasteiger partial charge in [0.05, 0.1) is 6.61 Å². The van der Waals surface area contributed by atoms with Crippen LogP contribution in [0.3, 0.4) is 0 Å². The number of piperidine rings is 1. The van der Waals surface area contributed by atoms with E-state index in [0.717, 1.165) is 56.7 Å². The van der Waals surface area contributed by atoms with E-state index < -0.39 is 0 Å². The molecule has 0 atom stereocenters. The molecule has 0 bridgehead atoms. The number of rotatable bonds is 4. The summed E-state index contributed by atoms with van der Waals surface area (Å²) in [6, 6.07) is 6.25. The third kappa shape index (κ3) is 3.97. The summed E-state index contributed by atoms with van der Waals surface area (Å²) in [4.78, 5) is 12.0. The normalized spacial score (nSPS) is 18.7. The predicted molar refractivity (Wildman–Crippen MR) is 82.3 cm³/mol. The average Bonchev–Trinajstić information content (AvgIpc) is 2.54. The van der Waals surface area contributed by atoms with Gasteiger partial charge in [-0.1, -0.05) is 12.1 Å². The molecule has 1 saturated heterocycles. The molecule has 2 heterocycles. The number of fused-ring (bicyclic) bond motifs is 1. The van der Waals surface area contributed by atoms with Crippen molar-refractivity contribution in [2.45, 2.75) is 38.6 Å². The number of hydrogen-bond donors (Lipinski definition) is 2. The van der Waals surface area contributed by atoms with Crippen LogP contribution in [0.2, 0.25) is 0 Å². The van der Waals surface area contributed by atoms with Gasteiger partial charge in [-0.15, -0.1) is 0 Å². The first-order valence-electron chi connectivity index (χ1n) is 8.03. The summed E-state index contributed by atoms with van der Waals surface area (Å²) >= 11 is 0. The summed E-state index contributed by atoms with van der Waals surface area (Å²) in [5, 5.41) is 6.38. The van der Waals surface area contributed by atoms with Crippen molar-refractivity contribution in [1.29, 1.82) is 0 Å². The second kappa shape index (κ2) is 6.94. The number of benzene rings is 1. The molecule has 2 aliphatic rings. The molecule has 0 saturated carbocycles. The smallest absolute Gasteiger partial charge is 0.220 e. The Morgan fingerprint density at radius 2 is 2.19 bits per heavy atom. The zero-order valence-corrected chi connectivity index (χ0v) is 12.5. The molecule has 1 fully saturated rings. The molecule has 21 heavy (non-hydrogen) atoms. The molecule has 0 radical (unpaired) electrons. The highest BCUT2D eigenvalue weighted by atomic mass is 16.5. The van der Waals surface area contributed by atoms with E-state index in [4.69, 9.17) is 4.74 Å². The molecule has 114 valence electrons. The van der Waals surface area contributed by atoms with E-state index in [-0.39, 0.29) is 5.91 Å². The van der Waals surface area contributed by atoms with Crippen molar-refractivity contribution >= 4 is 5.91 Å². The van der Waals surface area contributed by atoms with Gasteiger partial charge in [-0.3, -0.25) is 4.79 Å². The van der Waals surface area contributed by atoms with E-state index in [0.29, 0.717) is 18.9 Å². The van der Waals surface area contributed by atoms with Crippen molar-refractivity contribution in [3.05, 3.63) is 29.3 Å². The second-order valence-corrected chi connectivity index (χ2v) is 6.07. The number of carbonyl (C=O) groups excluding carboxylic acids is 1. The Morgan fingerprint density at radius 3 is 3.05 bits per heavy atom. The monoisotopic (exact) mass is 288 g/mol. The first-order valence-corrected chi connectivity index (χ1v) is 8.03. The summed E-state index contributed by atoms with van der Waals surface area (Å²) in [5.74, 6) is 1.73. The van der Waals surface area contributed by atoms with E-state index in [9.17, 15) is 4.79 Å². The van der Waals surface area contributed by atoms with Gasteiger partial charge in [-0.05, 0) is 61.9 Å². The van der Waals surface area contributed by atoms with Crippen molar-refractivity contribution in [1.82, 2.24) is 10.6 Å². The minimum atomic E-state index is 0.177. The lowest BCUT2D eigenvalue weighted by atomic mass is 9.94. The Bertz CT molecular complexity index is 496. The molecule has 3 rings (SSSR count). The summed E-state index contributed by atoms with van der Waals surface area (Å²) in [5.41, 5.74) is 2.43. The Morgan fingerprint density at radius 1 is 1.33 bits per heavy atom. The standard InChI is InChI=1S/C17H24N2O2/c20-17(11-13-5-7-18-8-6-13)19-12-14-3-4-16-15(10-14)2-1-9-21-16/h3-4,10,13,18H,1-2,5-9,11-12H2,(H,19,20). The lowest BCUT2D eigenvalue weighted by Gasteiger charge is -2.22. The first-order chi connectivity index (χ1) is 10.3. The molecule has 0 unspecified atom stereocenters. The second-order valence-electron chi connectivity index (χ2n) is 6.07. The van der Waals surface area contributed by atoms with Crippen LogP contribution in [0.1, 0.15) is 36.8 Å². The summed E-state index contributed by atoms with van der Waals surface area (Å²) in [7, 11) is 0. The Labute approximate surface area is 126 Å². The van der Waals surface area contributed by atoms with E-state index in [1.165, 1.54) is 5.56 Å². The highest BCUT2D eigenvalue weighted by Gasteiger charge is 2.16. The van der Waals surface area contributed by atoms with Gasteiger partial charge in [0.25, 0.3) is 0 Å². The topological polar surface area (TPSA) is 50.4 Å². The van der Waals surface area contributed by atoms with E-state index >= 15 is 0 Å². The van der Waals surface area contributed by atoms with Crippen LogP contribution in [-0.2, 0) is 17.8 Å². The van der Waals surface area contributed by atoms with Crippen LogP contribution < -0.4 is 15.4 Å². The molecule has 2 aliphatic heterocycles. The number of amides is 1. The van der Waals surface area contributed by atoms with Crippen LogP contribution in [0, 0.1) is 5.92 Å². The lowest BCUT2D eigenvalue weighted by Crippen LogP contribution is -2.32. The third-order valence-corrected chi connectivity index (χ3v) is 4.40. The fourth-order valence-corrected chi connectivity index (χ4v) is 3.14. The minimum Gasteiger partial charge on any atom is -0.493 e. The van der Waals surface area contributed by atoms with Gasteiger partial charge >= 0.3 is 0 Å². The Kier molecular flexibility index (Phi) is 4.76. The van der Waals surface area contributed by atoms with Crippen LogP contribution >= 0.6 is 0 Å². The number of aryl methyl sites for hydroxylation is 1. The third-order valence-electron chi connectivity index (χ3n) is 4.40. The summed E-state index contributed by atoms with van der Waals surface area (Å²) < 4.78 is 5.61. The Balaban J connectivity index is 1.49. The van der Waals surface area contributed by atoms with Gasteiger partial charge in [0.1, 0.15) is 5.75 Å². The van der Waals surface area contributed by atoms with Crippen LogP contribution in [0.15, 0.2) is 18.2 Å². The Hall–Kier alpha value is -1.55. The molecule has 4 heteroatoms. The fraction of sp³-hybridized carbons (Fsp3) is 0.588. The minimum absolute atomic E-state index is 0.177. The van der Waals surface area contributed by atoms with Crippen molar-refractivity contribution in [3.8, 4) is 5.75 Å². The SMILES string of the molecule is O=C(CC1CCNCC1)NCc1ccc2c(c1)CCCO2.